The van der Waals surface area contributed by atoms with Crippen LogP contribution in [0, 0.1) is 17.2 Å². The molecule has 0 atom stereocenters. The van der Waals surface area contributed by atoms with Crippen molar-refractivity contribution < 1.29 is 9.47 Å². The fourth-order valence-corrected chi connectivity index (χ4v) is 4.72. The Hall–Kier alpha value is -3.89. The van der Waals surface area contributed by atoms with Crippen LogP contribution in [0.3, 0.4) is 0 Å². The molecule has 2 heterocycles. The zero-order chi connectivity index (χ0) is 23.5. The molecule has 0 bridgehead atoms. The molecule has 34 heavy (non-hydrogen) atoms. The van der Waals surface area contributed by atoms with E-state index in [-0.39, 0.29) is 5.56 Å². The Bertz CT molecular complexity index is 1460. The number of nitriles is 1. The third-order valence-electron chi connectivity index (χ3n) is 6.14. The molecule has 2 aromatic carbocycles. The van der Waals surface area contributed by atoms with Gasteiger partial charge in [0.1, 0.15) is 0 Å². The molecule has 1 fully saturated rings. The Kier molecular flexibility index (Phi) is 6.15. The van der Waals surface area contributed by atoms with Gasteiger partial charge in [0.2, 0.25) is 0 Å². The summed E-state index contributed by atoms with van der Waals surface area (Å²) in [5, 5.41) is 11.0. The fraction of sp³-hybridized carbons (Fsp3) is 0.222. The Morgan fingerprint density at radius 2 is 2.03 bits per heavy atom. The minimum Gasteiger partial charge on any atom is -0.493 e. The minimum atomic E-state index is -0.150. The van der Waals surface area contributed by atoms with Crippen molar-refractivity contribution in [2.45, 2.75) is 19.3 Å². The highest BCUT2D eigenvalue weighted by atomic mass is 32.1. The molecule has 1 aliphatic carbocycles. The quantitative estimate of drug-likeness (QED) is 0.349. The number of nitrogens with zero attached hydrogens (tertiary/aromatic N) is 3. The fourth-order valence-electron chi connectivity index (χ4n) is 4.01. The molecule has 1 aliphatic rings. The van der Waals surface area contributed by atoms with Gasteiger partial charge in [0.25, 0.3) is 5.56 Å². The van der Waals surface area contributed by atoms with Gasteiger partial charge >= 0.3 is 0 Å². The second-order valence-corrected chi connectivity index (χ2v) is 9.11. The summed E-state index contributed by atoms with van der Waals surface area (Å²) in [4.78, 5) is 18.7. The van der Waals surface area contributed by atoms with Gasteiger partial charge in [-0.15, -0.1) is 11.3 Å². The molecule has 0 unspecified atom stereocenters. The first-order valence-electron chi connectivity index (χ1n) is 11.2. The summed E-state index contributed by atoms with van der Waals surface area (Å²) in [5.74, 6) is 1.96. The van der Waals surface area contributed by atoms with E-state index in [2.05, 4.69) is 6.07 Å². The molecule has 7 heteroatoms. The summed E-state index contributed by atoms with van der Waals surface area (Å²) in [5.41, 5.74) is 3.00. The van der Waals surface area contributed by atoms with Gasteiger partial charge in [0, 0.05) is 17.1 Å². The number of hydrogen-bond acceptors (Lipinski definition) is 6. The number of para-hydroxylation sites is 1. The SMILES string of the molecule is COc1cccc(/C=C/c2nc3sccn3c(=O)c2-c2ccc(C#N)cc2)c1OCC1CCC1. The van der Waals surface area contributed by atoms with E-state index in [0.717, 1.165) is 5.56 Å². The predicted octanol–water partition coefficient (Wildman–Crippen LogP) is 5.65. The van der Waals surface area contributed by atoms with Gasteiger partial charge in [-0.25, -0.2) is 4.98 Å². The van der Waals surface area contributed by atoms with Crippen LogP contribution in [0.15, 0.2) is 58.8 Å². The molecule has 1 saturated carbocycles. The lowest BCUT2D eigenvalue weighted by molar-refractivity contribution is 0.175. The number of thiazole rings is 1. The number of rotatable bonds is 7. The van der Waals surface area contributed by atoms with E-state index in [4.69, 9.17) is 19.7 Å². The van der Waals surface area contributed by atoms with Crippen molar-refractivity contribution in [2.75, 3.05) is 13.7 Å². The highest BCUT2D eigenvalue weighted by Gasteiger charge is 2.20. The molecule has 170 valence electrons. The number of ether oxygens (including phenoxy) is 2. The first kappa shape index (κ1) is 21.9. The second-order valence-electron chi connectivity index (χ2n) is 8.24. The maximum Gasteiger partial charge on any atom is 0.266 e. The van der Waals surface area contributed by atoms with E-state index < -0.39 is 0 Å². The van der Waals surface area contributed by atoms with Gasteiger partial charge in [0.15, 0.2) is 16.5 Å². The Balaban J connectivity index is 1.58. The van der Waals surface area contributed by atoms with Crippen molar-refractivity contribution in [3.63, 3.8) is 0 Å². The number of benzene rings is 2. The number of aromatic nitrogens is 2. The van der Waals surface area contributed by atoms with Crippen molar-refractivity contribution in [2.24, 2.45) is 5.92 Å². The molecule has 0 spiro atoms. The van der Waals surface area contributed by atoms with Crippen LogP contribution in [-0.2, 0) is 0 Å². The summed E-state index contributed by atoms with van der Waals surface area (Å²) in [7, 11) is 1.63. The normalized spacial score (nSPS) is 13.6. The van der Waals surface area contributed by atoms with Crippen LogP contribution >= 0.6 is 11.3 Å². The van der Waals surface area contributed by atoms with Gasteiger partial charge in [-0.3, -0.25) is 9.20 Å². The molecule has 6 nitrogen and oxygen atoms in total. The van der Waals surface area contributed by atoms with Crippen LogP contribution < -0.4 is 15.0 Å². The standard InChI is InChI=1S/C27H23N3O3S/c1-32-23-7-3-6-21(25(23)33-17-19-4-2-5-19)12-13-22-24(20-10-8-18(16-28)9-11-20)26(31)30-14-15-34-27(30)29-22/h3,6-15,19H,2,4-5,17H2,1H3/b13-12+. The molecular formula is C27H23N3O3S. The average Bonchev–Trinajstić information content (AvgIpc) is 3.31. The number of fused-ring (bicyclic) bond motifs is 1. The largest absolute Gasteiger partial charge is 0.493 e. The third kappa shape index (κ3) is 4.20. The van der Waals surface area contributed by atoms with Crippen LogP contribution in [0.25, 0.3) is 28.2 Å². The van der Waals surface area contributed by atoms with Gasteiger partial charge in [-0.05, 0) is 54.7 Å². The van der Waals surface area contributed by atoms with Crippen molar-refractivity contribution in [3.8, 4) is 28.7 Å². The monoisotopic (exact) mass is 469 g/mol. The number of methoxy groups -OCH3 is 1. The maximum atomic E-state index is 13.3. The smallest absolute Gasteiger partial charge is 0.266 e. The van der Waals surface area contributed by atoms with Crippen molar-refractivity contribution >= 4 is 28.4 Å². The lowest BCUT2D eigenvalue weighted by Gasteiger charge is -2.26. The van der Waals surface area contributed by atoms with Crippen LogP contribution in [0.4, 0.5) is 0 Å². The van der Waals surface area contributed by atoms with E-state index in [1.165, 1.54) is 30.6 Å². The van der Waals surface area contributed by atoms with Crippen LogP contribution in [-0.4, -0.2) is 23.1 Å². The summed E-state index contributed by atoms with van der Waals surface area (Å²) in [6.45, 7) is 0.665. The van der Waals surface area contributed by atoms with E-state index >= 15 is 0 Å². The Labute approximate surface area is 201 Å². The molecule has 4 aromatic rings. The maximum absolute atomic E-state index is 13.3. The molecule has 2 aromatic heterocycles. The lowest BCUT2D eigenvalue weighted by Crippen LogP contribution is -2.19. The van der Waals surface area contributed by atoms with Crippen LogP contribution in [0.5, 0.6) is 11.5 Å². The van der Waals surface area contributed by atoms with Crippen LogP contribution in [0.1, 0.15) is 36.1 Å². The highest BCUT2D eigenvalue weighted by molar-refractivity contribution is 7.15. The van der Waals surface area contributed by atoms with E-state index in [0.29, 0.717) is 51.4 Å². The van der Waals surface area contributed by atoms with Crippen molar-refractivity contribution in [1.82, 2.24) is 9.38 Å². The van der Waals surface area contributed by atoms with Gasteiger partial charge < -0.3 is 9.47 Å². The topological polar surface area (TPSA) is 76.6 Å². The Morgan fingerprint density at radius 3 is 2.74 bits per heavy atom. The average molecular weight is 470 g/mol. The first-order chi connectivity index (χ1) is 16.7. The van der Waals surface area contributed by atoms with E-state index in [1.807, 2.05) is 35.7 Å². The van der Waals surface area contributed by atoms with Crippen molar-refractivity contribution in [1.29, 1.82) is 5.26 Å². The summed E-state index contributed by atoms with van der Waals surface area (Å²) >= 11 is 1.41. The second kappa shape index (κ2) is 9.54. The zero-order valence-corrected chi connectivity index (χ0v) is 19.5. The van der Waals surface area contributed by atoms with Gasteiger partial charge in [-0.2, -0.15) is 5.26 Å². The molecule has 0 radical (unpaired) electrons. The lowest BCUT2D eigenvalue weighted by atomic mass is 9.86. The summed E-state index contributed by atoms with van der Waals surface area (Å²) in [6.07, 6.45) is 9.14. The van der Waals surface area contributed by atoms with E-state index in [1.54, 1.807) is 42.0 Å². The zero-order valence-electron chi connectivity index (χ0n) is 18.7. The van der Waals surface area contributed by atoms with Gasteiger partial charge in [-0.1, -0.05) is 30.7 Å². The molecule has 0 aliphatic heterocycles. The summed E-state index contributed by atoms with van der Waals surface area (Å²) in [6, 6.07) is 14.9. The Morgan fingerprint density at radius 1 is 1.21 bits per heavy atom. The van der Waals surface area contributed by atoms with Gasteiger partial charge in [0.05, 0.1) is 36.6 Å². The minimum absolute atomic E-state index is 0.150. The highest BCUT2D eigenvalue weighted by Crippen LogP contribution is 2.35. The van der Waals surface area contributed by atoms with Crippen molar-refractivity contribution in [3.05, 3.63) is 81.2 Å². The molecular weight excluding hydrogens is 446 g/mol. The predicted molar refractivity (Wildman–Crippen MR) is 134 cm³/mol. The molecule has 0 saturated heterocycles. The van der Waals surface area contributed by atoms with E-state index in [9.17, 15) is 4.79 Å². The third-order valence-corrected chi connectivity index (χ3v) is 6.89. The molecule has 0 amide bonds. The molecule has 0 N–H and O–H groups in total. The first-order valence-corrected chi connectivity index (χ1v) is 12.0. The number of hydrogen-bond donors (Lipinski definition) is 0. The molecule has 5 rings (SSSR count). The van der Waals surface area contributed by atoms with Crippen LogP contribution in [0.2, 0.25) is 0 Å². The summed E-state index contributed by atoms with van der Waals surface area (Å²) < 4.78 is 13.3.